The van der Waals surface area contributed by atoms with Crippen molar-refractivity contribution in [2.75, 3.05) is 19.9 Å². The molecule has 0 aliphatic carbocycles. The van der Waals surface area contributed by atoms with E-state index < -0.39 is 0 Å². The Balaban J connectivity index is 1.68. The highest BCUT2D eigenvalue weighted by molar-refractivity contribution is 7.98. The lowest BCUT2D eigenvalue weighted by Crippen LogP contribution is -2.23. The first-order chi connectivity index (χ1) is 11.7. The first kappa shape index (κ1) is 17.5. The van der Waals surface area contributed by atoms with E-state index in [1.807, 2.05) is 0 Å². The smallest absolute Gasteiger partial charge is 0.191 e. The van der Waals surface area contributed by atoms with Crippen LogP contribution in [0.2, 0.25) is 0 Å². The molecule has 1 aliphatic rings. The van der Waals surface area contributed by atoms with Crippen molar-refractivity contribution in [1.29, 1.82) is 0 Å². The van der Waals surface area contributed by atoms with Crippen molar-refractivity contribution in [2.24, 2.45) is 0 Å². The molecule has 1 aromatic carbocycles. The van der Waals surface area contributed by atoms with Crippen molar-refractivity contribution >= 4 is 11.8 Å². The van der Waals surface area contributed by atoms with E-state index in [0.29, 0.717) is 6.10 Å². The Bertz CT molecular complexity index is 667. The van der Waals surface area contributed by atoms with Gasteiger partial charge in [-0.1, -0.05) is 41.6 Å². The highest BCUT2D eigenvalue weighted by Crippen LogP contribution is 2.20. The third-order valence-corrected chi connectivity index (χ3v) is 5.00. The average molecular weight is 347 g/mol. The molecule has 24 heavy (non-hydrogen) atoms. The van der Waals surface area contributed by atoms with Gasteiger partial charge in [0.25, 0.3) is 0 Å². The van der Waals surface area contributed by atoms with Crippen LogP contribution in [0.1, 0.15) is 29.8 Å². The minimum absolute atomic E-state index is 0.299. The number of rotatable bonds is 7. The van der Waals surface area contributed by atoms with E-state index in [0.717, 1.165) is 50.1 Å². The van der Waals surface area contributed by atoms with Gasteiger partial charge in [-0.3, -0.25) is 4.90 Å². The molecule has 0 amide bonds. The maximum absolute atomic E-state index is 5.80. The average Bonchev–Trinajstić information content (AvgIpc) is 3.18. The van der Waals surface area contributed by atoms with Gasteiger partial charge in [-0.2, -0.15) is 0 Å². The third kappa shape index (κ3) is 4.37. The number of hydrogen-bond acceptors (Lipinski definition) is 5. The summed E-state index contributed by atoms with van der Waals surface area (Å²) in [6, 6.07) is 8.66. The molecule has 0 saturated carbocycles. The fraction of sp³-hybridized carbons (Fsp3) is 0.556. The summed E-state index contributed by atoms with van der Waals surface area (Å²) >= 11 is 1.65. The first-order valence-corrected chi connectivity index (χ1v) is 9.70. The van der Waals surface area contributed by atoms with E-state index in [1.54, 1.807) is 11.8 Å². The predicted octanol–water partition coefficient (Wildman–Crippen LogP) is 3.12. The van der Waals surface area contributed by atoms with Gasteiger partial charge in [0.2, 0.25) is 0 Å². The van der Waals surface area contributed by atoms with Gasteiger partial charge in [0.15, 0.2) is 5.16 Å². The molecule has 1 fully saturated rings. The number of benzene rings is 1. The monoisotopic (exact) mass is 346 g/mol. The van der Waals surface area contributed by atoms with Gasteiger partial charge in [0.1, 0.15) is 5.82 Å². The van der Waals surface area contributed by atoms with Crippen LogP contribution in [0.4, 0.5) is 0 Å². The van der Waals surface area contributed by atoms with Crippen LogP contribution in [0.5, 0.6) is 0 Å². The van der Waals surface area contributed by atoms with Gasteiger partial charge in [0, 0.05) is 13.2 Å². The molecule has 0 unspecified atom stereocenters. The molecular weight excluding hydrogens is 320 g/mol. The van der Waals surface area contributed by atoms with E-state index >= 15 is 0 Å². The van der Waals surface area contributed by atoms with E-state index in [-0.39, 0.29) is 0 Å². The number of aryl methyl sites for hydroxylation is 1. The maximum Gasteiger partial charge on any atom is 0.191 e. The van der Waals surface area contributed by atoms with Crippen molar-refractivity contribution in [1.82, 2.24) is 19.7 Å². The van der Waals surface area contributed by atoms with E-state index in [2.05, 4.69) is 64.2 Å². The second-order valence-electron chi connectivity index (χ2n) is 6.51. The normalized spacial score (nSPS) is 17.8. The highest BCUT2D eigenvalue weighted by atomic mass is 32.2. The molecule has 0 spiro atoms. The second kappa shape index (κ2) is 8.14. The van der Waals surface area contributed by atoms with E-state index in [1.165, 1.54) is 11.1 Å². The number of aromatic nitrogens is 3. The number of hydrogen-bond donors (Lipinski definition) is 0. The van der Waals surface area contributed by atoms with E-state index in [9.17, 15) is 0 Å². The van der Waals surface area contributed by atoms with Crippen molar-refractivity contribution in [3.63, 3.8) is 0 Å². The fourth-order valence-corrected chi connectivity index (χ4v) is 3.70. The molecule has 0 bridgehead atoms. The van der Waals surface area contributed by atoms with Crippen LogP contribution in [-0.4, -0.2) is 45.7 Å². The predicted molar refractivity (Wildman–Crippen MR) is 97.1 cm³/mol. The molecule has 0 radical (unpaired) electrons. The summed E-state index contributed by atoms with van der Waals surface area (Å²) in [5.41, 5.74) is 2.62. The minimum atomic E-state index is 0.299. The molecule has 1 atom stereocenters. The van der Waals surface area contributed by atoms with Gasteiger partial charge in [-0.15, -0.1) is 10.2 Å². The second-order valence-corrected chi connectivity index (χ2v) is 7.28. The molecule has 1 aliphatic heterocycles. The van der Waals surface area contributed by atoms with Crippen LogP contribution in [-0.2, 0) is 24.4 Å². The Kier molecular flexibility index (Phi) is 5.92. The SMILES string of the molecule is CSc1nnc(CN(C)Cc2cccc(C)c2)n1C[C@@H]1CCCO1. The topological polar surface area (TPSA) is 43.2 Å². The zero-order valence-electron chi connectivity index (χ0n) is 14.7. The summed E-state index contributed by atoms with van der Waals surface area (Å²) in [5, 5.41) is 9.74. The Labute approximate surface area is 148 Å². The summed E-state index contributed by atoms with van der Waals surface area (Å²) in [5.74, 6) is 1.02. The van der Waals surface area contributed by atoms with Gasteiger partial charge in [0.05, 0.1) is 19.2 Å². The molecule has 1 saturated heterocycles. The molecule has 3 rings (SSSR count). The van der Waals surface area contributed by atoms with E-state index in [4.69, 9.17) is 4.74 Å². The summed E-state index contributed by atoms with van der Waals surface area (Å²) in [7, 11) is 2.13. The molecule has 5 nitrogen and oxygen atoms in total. The molecule has 1 aromatic heterocycles. The highest BCUT2D eigenvalue weighted by Gasteiger charge is 2.21. The lowest BCUT2D eigenvalue weighted by atomic mass is 10.1. The van der Waals surface area contributed by atoms with Crippen molar-refractivity contribution in [3.8, 4) is 0 Å². The van der Waals surface area contributed by atoms with Crippen LogP contribution < -0.4 is 0 Å². The third-order valence-electron chi connectivity index (χ3n) is 4.33. The largest absolute Gasteiger partial charge is 0.376 e. The zero-order valence-corrected chi connectivity index (χ0v) is 15.6. The lowest BCUT2D eigenvalue weighted by molar-refractivity contribution is 0.0934. The molecule has 0 N–H and O–H groups in total. The summed E-state index contributed by atoms with van der Waals surface area (Å²) in [6.45, 7) is 5.56. The standard InChI is InChI=1S/C18H26N4OS/c1-14-6-4-7-15(10-14)11-21(2)13-17-19-20-18(24-3)22(17)12-16-8-5-9-23-16/h4,6-7,10,16H,5,8-9,11-13H2,1-3H3/t16-/m0/s1. The van der Waals surface area contributed by atoms with Crippen LogP contribution >= 0.6 is 11.8 Å². The quantitative estimate of drug-likeness (QED) is 0.721. The van der Waals surface area contributed by atoms with Crippen LogP contribution in [0, 0.1) is 6.92 Å². The molecule has 130 valence electrons. The number of ether oxygens (including phenoxy) is 1. The molecule has 2 aromatic rings. The summed E-state index contributed by atoms with van der Waals surface area (Å²) in [4.78, 5) is 2.29. The Morgan fingerprint density at radius 3 is 2.92 bits per heavy atom. The van der Waals surface area contributed by atoms with Crippen LogP contribution in [0.15, 0.2) is 29.4 Å². The summed E-state index contributed by atoms with van der Waals surface area (Å²) in [6.07, 6.45) is 4.64. The fourth-order valence-electron chi connectivity index (χ4n) is 3.18. The molecule has 6 heteroatoms. The van der Waals surface area contributed by atoms with Gasteiger partial charge < -0.3 is 9.30 Å². The van der Waals surface area contributed by atoms with Crippen LogP contribution in [0.3, 0.4) is 0 Å². The first-order valence-electron chi connectivity index (χ1n) is 8.47. The van der Waals surface area contributed by atoms with Crippen molar-refractivity contribution < 1.29 is 4.74 Å². The number of nitrogens with zero attached hydrogens (tertiary/aromatic N) is 4. The maximum atomic E-state index is 5.80. The van der Waals surface area contributed by atoms with Gasteiger partial charge in [-0.25, -0.2) is 0 Å². The van der Waals surface area contributed by atoms with Gasteiger partial charge >= 0.3 is 0 Å². The number of thioether (sulfide) groups is 1. The van der Waals surface area contributed by atoms with Crippen LogP contribution in [0.25, 0.3) is 0 Å². The Morgan fingerprint density at radius 1 is 1.33 bits per heavy atom. The Hall–Kier alpha value is -1.37. The van der Waals surface area contributed by atoms with Gasteiger partial charge in [-0.05, 0) is 38.6 Å². The molecular formula is C18H26N4OS. The van der Waals surface area contributed by atoms with Crippen molar-refractivity contribution in [2.45, 2.75) is 50.7 Å². The lowest BCUT2D eigenvalue weighted by Gasteiger charge is -2.19. The molecule has 2 heterocycles. The Morgan fingerprint density at radius 2 is 2.21 bits per heavy atom. The van der Waals surface area contributed by atoms with Crippen molar-refractivity contribution in [3.05, 3.63) is 41.2 Å². The minimum Gasteiger partial charge on any atom is -0.376 e. The zero-order chi connectivity index (χ0) is 16.9. The summed E-state index contributed by atoms with van der Waals surface area (Å²) < 4.78 is 8.02.